The lowest BCUT2D eigenvalue weighted by Gasteiger charge is -2.14. The van der Waals surface area contributed by atoms with Crippen molar-refractivity contribution in [1.29, 1.82) is 0 Å². The first-order valence-corrected chi connectivity index (χ1v) is 8.07. The second-order valence-corrected chi connectivity index (χ2v) is 6.61. The molecule has 21 heavy (non-hydrogen) atoms. The second kappa shape index (κ2) is 7.62. The maximum absolute atomic E-state index is 6.06. The molecule has 0 aliphatic heterocycles. The van der Waals surface area contributed by atoms with Crippen LogP contribution in [-0.2, 0) is 6.54 Å². The van der Waals surface area contributed by atoms with E-state index < -0.39 is 0 Å². The van der Waals surface area contributed by atoms with E-state index in [-0.39, 0.29) is 0 Å². The second-order valence-electron chi connectivity index (χ2n) is 5.70. The van der Waals surface area contributed by atoms with Gasteiger partial charge in [0.1, 0.15) is 11.5 Å². The molecule has 0 spiro atoms. The molecule has 0 bridgehead atoms. The highest BCUT2D eigenvalue weighted by Gasteiger charge is 2.07. The number of hydrogen-bond acceptors (Lipinski definition) is 2. The van der Waals surface area contributed by atoms with E-state index in [0.29, 0.717) is 5.92 Å². The number of aryl methyl sites for hydroxylation is 1. The predicted octanol–water partition coefficient (Wildman–Crippen LogP) is 5.30. The number of nitrogens with one attached hydrogen (secondary N) is 1. The van der Waals surface area contributed by atoms with Gasteiger partial charge in [0.05, 0.1) is 0 Å². The number of halogens is 1. The highest BCUT2D eigenvalue weighted by Crippen LogP contribution is 2.29. The van der Waals surface area contributed by atoms with Crippen LogP contribution in [0.2, 0.25) is 0 Å². The van der Waals surface area contributed by atoms with E-state index in [1.807, 2.05) is 24.3 Å². The van der Waals surface area contributed by atoms with Crippen LogP contribution in [0.5, 0.6) is 11.5 Å². The maximum Gasteiger partial charge on any atom is 0.133 e. The largest absolute Gasteiger partial charge is 0.457 e. The third kappa shape index (κ3) is 5.18. The van der Waals surface area contributed by atoms with Gasteiger partial charge in [0.15, 0.2) is 0 Å². The van der Waals surface area contributed by atoms with Gasteiger partial charge in [-0.2, -0.15) is 0 Å². The summed E-state index contributed by atoms with van der Waals surface area (Å²) in [5, 5.41) is 3.46. The Bertz CT molecular complexity index is 596. The number of hydrogen-bond donors (Lipinski definition) is 1. The van der Waals surface area contributed by atoms with E-state index in [1.165, 1.54) is 11.1 Å². The van der Waals surface area contributed by atoms with Crippen LogP contribution in [0.1, 0.15) is 25.0 Å². The van der Waals surface area contributed by atoms with Crippen LogP contribution in [0.3, 0.4) is 0 Å². The van der Waals surface area contributed by atoms with Crippen LogP contribution in [0, 0.1) is 12.8 Å². The molecule has 0 aliphatic carbocycles. The minimum atomic E-state index is 0.640. The highest BCUT2D eigenvalue weighted by molar-refractivity contribution is 9.10. The summed E-state index contributed by atoms with van der Waals surface area (Å²) in [6, 6.07) is 14.3. The molecule has 0 unspecified atom stereocenters. The topological polar surface area (TPSA) is 21.3 Å². The van der Waals surface area contributed by atoms with Crippen LogP contribution in [0.4, 0.5) is 0 Å². The summed E-state index contributed by atoms with van der Waals surface area (Å²) in [6.45, 7) is 8.29. The molecule has 2 rings (SSSR count). The summed E-state index contributed by atoms with van der Waals surface area (Å²) in [5.41, 5.74) is 2.36. The van der Waals surface area contributed by atoms with Gasteiger partial charge >= 0.3 is 0 Å². The molecule has 1 N–H and O–H groups in total. The van der Waals surface area contributed by atoms with Gasteiger partial charge < -0.3 is 10.1 Å². The van der Waals surface area contributed by atoms with Crippen LogP contribution < -0.4 is 10.1 Å². The van der Waals surface area contributed by atoms with Crippen LogP contribution in [0.25, 0.3) is 0 Å². The van der Waals surface area contributed by atoms with Crippen molar-refractivity contribution in [3.05, 3.63) is 58.1 Å². The summed E-state index contributed by atoms with van der Waals surface area (Å²) in [6.07, 6.45) is 0. The first-order chi connectivity index (χ1) is 10.0. The Labute approximate surface area is 135 Å². The summed E-state index contributed by atoms with van der Waals surface area (Å²) in [4.78, 5) is 0. The smallest absolute Gasteiger partial charge is 0.133 e. The fourth-order valence-corrected chi connectivity index (χ4v) is 2.41. The molecular formula is C18H22BrNO. The van der Waals surface area contributed by atoms with E-state index in [4.69, 9.17) is 4.74 Å². The van der Waals surface area contributed by atoms with Crippen molar-refractivity contribution in [3.8, 4) is 11.5 Å². The van der Waals surface area contributed by atoms with Gasteiger partial charge in [-0.25, -0.2) is 0 Å². The first-order valence-electron chi connectivity index (χ1n) is 7.28. The fraction of sp³-hybridized carbons (Fsp3) is 0.333. The molecular weight excluding hydrogens is 326 g/mol. The molecule has 0 radical (unpaired) electrons. The van der Waals surface area contributed by atoms with E-state index in [2.05, 4.69) is 60.2 Å². The van der Waals surface area contributed by atoms with Crippen LogP contribution in [0.15, 0.2) is 46.9 Å². The predicted molar refractivity (Wildman–Crippen MR) is 91.9 cm³/mol. The molecule has 0 aliphatic rings. The number of benzene rings is 2. The van der Waals surface area contributed by atoms with Crippen molar-refractivity contribution in [2.75, 3.05) is 6.54 Å². The third-order valence-electron chi connectivity index (χ3n) is 3.11. The molecule has 112 valence electrons. The van der Waals surface area contributed by atoms with Crippen LogP contribution >= 0.6 is 15.9 Å². The van der Waals surface area contributed by atoms with Gasteiger partial charge in [-0.1, -0.05) is 48.0 Å². The molecule has 0 saturated heterocycles. The molecule has 3 heteroatoms. The standard InChI is InChI=1S/C18H22BrNO/c1-13(2)11-20-12-15-7-8-16(19)10-18(15)21-17-6-4-5-14(3)9-17/h4-10,13,20H,11-12H2,1-3H3. The summed E-state index contributed by atoms with van der Waals surface area (Å²) < 4.78 is 7.08. The van der Waals surface area contributed by atoms with Gasteiger partial charge in [0.25, 0.3) is 0 Å². The van der Waals surface area contributed by atoms with Gasteiger partial charge in [-0.15, -0.1) is 0 Å². The lowest BCUT2D eigenvalue weighted by molar-refractivity contribution is 0.468. The average molecular weight is 348 g/mol. The zero-order valence-electron chi connectivity index (χ0n) is 12.8. The minimum absolute atomic E-state index is 0.640. The van der Waals surface area contributed by atoms with Crippen molar-refractivity contribution >= 4 is 15.9 Å². The highest BCUT2D eigenvalue weighted by atomic mass is 79.9. The van der Waals surface area contributed by atoms with Gasteiger partial charge in [0, 0.05) is 16.6 Å². The average Bonchev–Trinajstić information content (AvgIpc) is 2.41. The lowest BCUT2D eigenvalue weighted by atomic mass is 10.1. The quantitative estimate of drug-likeness (QED) is 0.765. The fourth-order valence-electron chi connectivity index (χ4n) is 2.07. The molecule has 0 heterocycles. The van der Waals surface area contributed by atoms with Crippen molar-refractivity contribution in [3.63, 3.8) is 0 Å². The van der Waals surface area contributed by atoms with Crippen molar-refractivity contribution in [1.82, 2.24) is 5.32 Å². The molecule has 0 saturated carbocycles. The van der Waals surface area contributed by atoms with E-state index in [1.54, 1.807) is 0 Å². The Morgan fingerprint density at radius 3 is 2.67 bits per heavy atom. The SMILES string of the molecule is Cc1cccc(Oc2cc(Br)ccc2CNCC(C)C)c1. The van der Waals surface area contributed by atoms with E-state index in [0.717, 1.165) is 29.1 Å². The Hall–Kier alpha value is -1.32. The van der Waals surface area contributed by atoms with Gasteiger partial charge in [-0.05, 0) is 49.2 Å². The lowest BCUT2D eigenvalue weighted by Crippen LogP contribution is -2.19. The summed E-state index contributed by atoms with van der Waals surface area (Å²) in [7, 11) is 0. The summed E-state index contributed by atoms with van der Waals surface area (Å²) >= 11 is 3.52. The van der Waals surface area contributed by atoms with E-state index in [9.17, 15) is 0 Å². The Balaban J connectivity index is 2.15. The number of ether oxygens (including phenoxy) is 1. The zero-order valence-corrected chi connectivity index (χ0v) is 14.4. The molecule has 0 aromatic heterocycles. The summed E-state index contributed by atoms with van der Waals surface area (Å²) in [5.74, 6) is 2.41. The molecule has 2 aromatic carbocycles. The van der Waals surface area contributed by atoms with Gasteiger partial charge in [-0.3, -0.25) is 0 Å². The third-order valence-corrected chi connectivity index (χ3v) is 3.61. The molecule has 2 aromatic rings. The monoisotopic (exact) mass is 347 g/mol. The van der Waals surface area contributed by atoms with Gasteiger partial charge in [0.2, 0.25) is 0 Å². The normalized spacial score (nSPS) is 10.9. The first kappa shape index (κ1) is 16.1. The van der Waals surface area contributed by atoms with Crippen LogP contribution in [-0.4, -0.2) is 6.54 Å². The number of rotatable bonds is 6. The molecule has 2 nitrogen and oxygen atoms in total. The Morgan fingerprint density at radius 1 is 1.14 bits per heavy atom. The Kier molecular flexibility index (Phi) is 5.83. The molecule has 0 amide bonds. The van der Waals surface area contributed by atoms with Crippen molar-refractivity contribution < 1.29 is 4.74 Å². The Morgan fingerprint density at radius 2 is 1.95 bits per heavy atom. The van der Waals surface area contributed by atoms with E-state index >= 15 is 0 Å². The zero-order chi connectivity index (χ0) is 15.2. The van der Waals surface area contributed by atoms with Crippen molar-refractivity contribution in [2.45, 2.75) is 27.3 Å². The maximum atomic E-state index is 6.06. The minimum Gasteiger partial charge on any atom is -0.457 e. The molecule has 0 fully saturated rings. The molecule has 0 atom stereocenters. The van der Waals surface area contributed by atoms with Crippen molar-refractivity contribution in [2.24, 2.45) is 5.92 Å².